The number of primary amides is 1. The third-order valence-corrected chi connectivity index (χ3v) is 6.97. The lowest BCUT2D eigenvalue weighted by Crippen LogP contribution is -2.53. The van der Waals surface area contributed by atoms with Gasteiger partial charge in [0, 0.05) is 23.7 Å². The zero-order chi connectivity index (χ0) is 23.5. The highest BCUT2D eigenvalue weighted by Crippen LogP contribution is 2.54. The number of nitrogens with zero attached hydrogens (tertiary/aromatic N) is 1. The molecule has 2 fully saturated rings. The Balaban J connectivity index is 1.58. The minimum Gasteiger partial charge on any atom is -0.497 e. The monoisotopic (exact) mass is 448 g/mol. The van der Waals surface area contributed by atoms with Crippen LogP contribution in [-0.4, -0.2) is 41.7 Å². The van der Waals surface area contributed by atoms with Crippen LogP contribution in [0, 0.1) is 18.8 Å². The van der Waals surface area contributed by atoms with Crippen molar-refractivity contribution >= 4 is 29.3 Å². The van der Waals surface area contributed by atoms with E-state index in [0.29, 0.717) is 17.0 Å². The van der Waals surface area contributed by atoms with Gasteiger partial charge in [-0.15, -0.1) is 0 Å². The maximum absolute atomic E-state index is 13.7. The smallest absolute Gasteiger partial charge is 0.250 e. The van der Waals surface area contributed by atoms with E-state index in [1.165, 1.54) is 4.90 Å². The molecule has 2 aromatic rings. The van der Waals surface area contributed by atoms with Gasteiger partial charge in [0.1, 0.15) is 11.3 Å². The number of aryl methyl sites for hydroxylation is 1. The van der Waals surface area contributed by atoms with Gasteiger partial charge in [-0.1, -0.05) is 30.3 Å². The molecule has 0 aliphatic carbocycles. The second-order valence-electron chi connectivity index (χ2n) is 8.80. The second kappa shape index (κ2) is 7.41. The van der Waals surface area contributed by atoms with Crippen LogP contribution in [0.2, 0.25) is 0 Å². The number of nitrogens with one attached hydrogen (secondary N) is 2. The molecule has 9 nitrogen and oxygen atoms in total. The van der Waals surface area contributed by atoms with E-state index in [-0.39, 0.29) is 13.0 Å². The summed E-state index contributed by atoms with van der Waals surface area (Å²) in [7, 11) is 1.56. The number of likely N-dealkylation sites (tertiary alicyclic amines) is 1. The van der Waals surface area contributed by atoms with Crippen LogP contribution in [0.15, 0.2) is 42.5 Å². The molecular weight excluding hydrogens is 424 g/mol. The highest BCUT2D eigenvalue weighted by molar-refractivity contribution is 6.15. The molecule has 0 aromatic heterocycles. The number of carbonyl (C=O) groups excluding carboxylic acids is 4. The fourth-order valence-corrected chi connectivity index (χ4v) is 5.50. The molecule has 0 saturated carbocycles. The molecule has 170 valence electrons. The number of imide groups is 1. The van der Waals surface area contributed by atoms with E-state index in [0.717, 1.165) is 11.1 Å². The standard InChI is InChI=1S/C24H24N4O5/c1-12-4-3-5-15-20(12)26-23(32)24(15)19-18(16(27-24)10-17(25)29)21(30)28(22(19)31)11-13-6-8-14(33-2)9-7-13/h3-9,16,18-19,27H,10-11H2,1-2H3,(H2,25,29)(H,26,32)/t16-,18+,19-,24+/m0/s1. The van der Waals surface area contributed by atoms with E-state index in [2.05, 4.69) is 10.6 Å². The molecule has 2 saturated heterocycles. The topological polar surface area (TPSA) is 131 Å². The van der Waals surface area contributed by atoms with Crippen molar-refractivity contribution in [3.8, 4) is 5.75 Å². The molecule has 3 heterocycles. The van der Waals surface area contributed by atoms with E-state index in [1.807, 2.05) is 19.1 Å². The highest BCUT2D eigenvalue weighted by atomic mass is 16.5. The second-order valence-corrected chi connectivity index (χ2v) is 8.80. The SMILES string of the molecule is COc1ccc(CN2C(=O)[C@@H]3[C@H](CC(N)=O)N[C@@]4(C(=O)Nc5c(C)cccc54)[C@@H]3C2=O)cc1. The molecule has 33 heavy (non-hydrogen) atoms. The van der Waals surface area contributed by atoms with Crippen molar-refractivity contribution in [2.75, 3.05) is 12.4 Å². The lowest BCUT2D eigenvalue weighted by atomic mass is 9.76. The van der Waals surface area contributed by atoms with Crippen molar-refractivity contribution in [3.05, 3.63) is 59.2 Å². The third-order valence-electron chi connectivity index (χ3n) is 6.97. The van der Waals surface area contributed by atoms with Gasteiger partial charge in [-0.3, -0.25) is 29.4 Å². The number of amides is 4. The zero-order valence-corrected chi connectivity index (χ0v) is 18.3. The highest BCUT2D eigenvalue weighted by Gasteiger charge is 2.70. The first-order valence-electron chi connectivity index (χ1n) is 10.7. The average molecular weight is 448 g/mol. The van der Waals surface area contributed by atoms with Gasteiger partial charge in [-0.05, 0) is 30.2 Å². The van der Waals surface area contributed by atoms with Gasteiger partial charge in [-0.2, -0.15) is 0 Å². The van der Waals surface area contributed by atoms with Gasteiger partial charge >= 0.3 is 0 Å². The molecule has 0 radical (unpaired) electrons. The summed E-state index contributed by atoms with van der Waals surface area (Å²) in [6.45, 7) is 1.93. The summed E-state index contributed by atoms with van der Waals surface area (Å²) in [5.41, 5.74) is 6.86. The molecule has 3 aliphatic rings. The summed E-state index contributed by atoms with van der Waals surface area (Å²) in [5, 5.41) is 6.08. The van der Waals surface area contributed by atoms with Crippen molar-refractivity contribution in [1.82, 2.24) is 10.2 Å². The minimum atomic E-state index is -1.44. The largest absolute Gasteiger partial charge is 0.497 e. The number of carbonyl (C=O) groups is 4. The van der Waals surface area contributed by atoms with E-state index in [4.69, 9.17) is 10.5 Å². The van der Waals surface area contributed by atoms with Gasteiger partial charge in [0.25, 0.3) is 0 Å². The maximum atomic E-state index is 13.7. The number of rotatable bonds is 5. The van der Waals surface area contributed by atoms with E-state index < -0.39 is 47.0 Å². The minimum absolute atomic E-state index is 0.0658. The Morgan fingerprint density at radius 3 is 2.52 bits per heavy atom. The number of methoxy groups -OCH3 is 1. The number of hydrogen-bond acceptors (Lipinski definition) is 6. The maximum Gasteiger partial charge on any atom is 0.250 e. The van der Waals surface area contributed by atoms with Gasteiger partial charge in [-0.25, -0.2) is 0 Å². The van der Waals surface area contributed by atoms with Crippen molar-refractivity contribution in [1.29, 1.82) is 0 Å². The molecule has 1 spiro atoms. The van der Waals surface area contributed by atoms with Crippen LogP contribution in [0.3, 0.4) is 0 Å². The number of anilines is 1. The average Bonchev–Trinajstić information content (AvgIpc) is 3.35. The molecule has 4 atom stereocenters. The molecule has 2 aromatic carbocycles. The van der Waals surface area contributed by atoms with Gasteiger partial charge in [0.05, 0.1) is 25.5 Å². The molecule has 9 heteroatoms. The Bertz CT molecular complexity index is 1190. The van der Waals surface area contributed by atoms with Crippen LogP contribution in [-0.2, 0) is 31.3 Å². The fourth-order valence-electron chi connectivity index (χ4n) is 5.50. The van der Waals surface area contributed by atoms with E-state index in [9.17, 15) is 19.2 Å². The summed E-state index contributed by atoms with van der Waals surface area (Å²) in [6.07, 6.45) is -0.160. The Morgan fingerprint density at radius 1 is 1.12 bits per heavy atom. The molecular formula is C24H24N4O5. The predicted molar refractivity (Wildman–Crippen MR) is 118 cm³/mol. The van der Waals surface area contributed by atoms with Crippen LogP contribution in [0.25, 0.3) is 0 Å². The fraction of sp³-hybridized carbons (Fsp3) is 0.333. The van der Waals surface area contributed by atoms with Crippen molar-refractivity contribution < 1.29 is 23.9 Å². The van der Waals surface area contributed by atoms with E-state index in [1.54, 1.807) is 37.4 Å². The molecule has 0 unspecified atom stereocenters. The molecule has 4 amide bonds. The summed E-state index contributed by atoms with van der Waals surface area (Å²) in [4.78, 5) is 53.6. The third kappa shape index (κ3) is 2.96. The number of ether oxygens (including phenoxy) is 1. The van der Waals surface area contributed by atoms with Crippen LogP contribution in [0.5, 0.6) is 5.75 Å². The lowest BCUT2D eigenvalue weighted by Gasteiger charge is -2.29. The van der Waals surface area contributed by atoms with Crippen molar-refractivity contribution in [2.24, 2.45) is 17.6 Å². The van der Waals surface area contributed by atoms with Gasteiger partial charge in [0.15, 0.2) is 0 Å². The first-order valence-corrected chi connectivity index (χ1v) is 10.7. The first kappa shape index (κ1) is 21.1. The Labute approximate surface area is 190 Å². The van der Waals surface area contributed by atoms with Gasteiger partial charge in [0.2, 0.25) is 23.6 Å². The number of para-hydroxylation sites is 1. The Morgan fingerprint density at radius 2 is 1.85 bits per heavy atom. The Kier molecular flexibility index (Phi) is 4.75. The van der Waals surface area contributed by atoms with Crippen LogP contribution in [0.1, 0.15) is 23.1 Å². The number of fused-ring (bicyclic) bond motifs is 4. The quantitative estimate of drug-likeness (QED) is 0.580. The van der Waals surface area contributed by atoms with E-state index >= 15 is 0 Å². The predicted octanol–water partition coefficient (Wildman–Crippen LogP) is 0.800. The molecule has 0 bridgehead atoms. The summed E-state index contributed by atoms with van der Waals surface area (Å²) >= 11 is 0. The van der Waals surface area contributed by atoms with Gasteiger partial charge < -0.3 is 15.8 Å². The summed E-state index contributed by atoms with van der Waals surface area (Å²) < 4.78 is 5.17. The number of benzene rings is 2. The number of nitrogens with two attached hydrogens (primary N) is 1. The van der Waals surface area contributed by atoms with Crippen LogP contribution in [0.4, 0.5) is 5.69 Å². The summed E-state index contributed by atoms with van der Waals surface area (Å²) in [6, 6.07) is 11.8. The normalized spacial score (nSPS) is 27.6. The number of hydrogen-bond donors (Lipinski definition) is 3. The van der Waals surface area contributed by atoms with Crippen molar-refractivity contribution in [3.63, 3.8) is 0 Å². The Hall–Kier alpha value is -3.72. The first-order chi connectivity index (χ1) is 15.8. The zero-order valence-electron chi connectivity index (χ0n) is 18.3. The molecule has 4 N–H and O–H groups in total. The van der Waals surface area contributed by atoms with Crippen LogP contribution < -0.4 is 21.1 Å². The van der Waals surface area contributed by atoms with Crippen molar-refractivity contribution in [2.45, 2.75) is 31.5 Å². The van der Waals surface area contributed by atoms with Crippen LogP contribution >= 0.6 is 0 Å². The molecule has 3 aliphatic heterocycles. The summed E-state index contributed by atoms with van der Waals surface area (Å²) in [5.74, 6) is -3.05. The molecule has 5 rings (SSSR count). The lowest BCUT2D eigenvalue weighted by molar-refractivity contribution is -0.143.